The van der Waals surface area contributed by atoms with Crippen LogP contribution in [0.25, 0.3) is 0 Å². The third-order valence-corrected chi connectivity index (χ3v) is 6.79. The van der Waals surface area contributed by atoms with E-state index in [1.165, 1.54) is 24.6 Å². The van der Waals surface area contributed by atoms with Gasteiger partial charge in [-0.2, -0.15) is 4.31 Å². The Labute approximate surface area is 123 Å². The monoisotopic (exact) mass is 319 g/mol. The molecule has 1 heterocycles. The van der Waals surface area contributed by atoms with E-state index in [9.17, 15) is 8.42 Å². The average molecular weight is 320 g/mol. The standard InChI is InChI=1S/C13H15Cl2NO2S/c14-12-5-4-11(6-13(12)15)19(17,18)16-7-9-2-1-3-10(9)8-16/h4-6,9-10H,1-3,7-8H2. The molecule has 3 nitrogen and oxygen atoms in total. The Balaban J connectivity index is 1.88. The molecule has 1 aromatic carbocycles. The number of nitrogens with zero attached hydrogens (tertiary/aromatic N) is 1. The summed E-state index contributed by atoms with van der Waals surface area (Å²) in [5.74, 6) is 1.08. The smallest absolute Gasteiger partial charge is 0.207 e. The molecule has 0 spiro atoms. The van der Waals surface area contributed by atoms with Crippen LogP contribution in [-0.4, -0.2) is 25.8 Å². The SMILES string of the molecule is O=S(=O)(c1ccc(Cl)c(Cl)c1)N1CC2CCCC2C1. The average Bonchev–Trinajstić information content (AvgIpc) is 2.93. The summed E-state index contributed by atoms with van der Waals surface area (Å²) in [4.78, 5) is 0.238. The highest BCUT2D eigenvalue weighted by atomic mass is 35.5. The fourth-order valence-corrected chi connectivity index (χ4v) is 5.12. The first-order chi connectivity index (χ1) is 8.98. The quantitative estimate of drug-likeness (QED) is 0.837. The number of halogens is 2. The molecule has 0 amide bonds. The minimum atomic E-state index is -3.43. The summed E-state index contributed by atoms with van der Waals surface area (Å²) in [5, 5.41) is 0.654. The normalized spacial score (nSPS) is 27.7. The van der Waals surface area contributed by atoms with Crippen molar-refractivity contribution in [2.75, 3.05) is 13.1 Å². The van der Waals surface area contributed by atoms with Crippen molar-refractivity contribution in [1.82, 2.24) is 4.31 Å². The molecule has 104 valence electrons. The van der Waals surface area contributed by atoms with Crippen LogP contribution in [0, 0.1) is 11.8 Å². The highest BCUT2D eigenvalue weighted by Crippen LogP contribution is 2.40. The van der Waals surface area contributed by atoms with Gasteiger partial charge in [-0.1, -0.05) is 29.6 Å². The molecule has 0 radical (unpaired) electrons. The highest BCUT2D eigenvalue weighted by Gasteiger charge is 2.41. The molecule has 2 atom stereocenters. The Kier molecular flexibility index (Phi) is 3.54. The van der Waals surface area contributed by atoms with E-state index in [2.05, 4.69) is 0 Å². The van der Waals surface area contributed by atoms with Gasteiger partial charge in [0.05, 0.1) is 14.9 Å². The molecule has 2 aliphatic rings. The third kappa shape index (κ3) is 2.40. The first kappa shape index (κ1) is 13.7. The van der Waals surface area contributed by atoms with Gasteiger partial charge in [0.1, 0.15) is 0 Å². The van der Waals surface area contributed by atoms with E-state index in [0.29, 0.717) is 29.9 Å². The summed E-state index contributed by atoms with van der Waals surface area (Å²) in [6.07, 6.45) is 3.53. The van der Waals surface area contributed by atoms with Gasteiger partial charge >= 0.3 is 0 Å². The summed E-state index contributed by atoms with van der Waals surface area (Å²) in [6.45, 7) is 1.29. The largest absolute Gasteiger partial charge is 0.243 e. The van der Waals surface area contributed by atoms with Gasteiger partial charge in [0.15, 0.2) is 0 Å². The minimum Gasteiger partial charge on any atom is -0.207 e. The fraction of sp³-hybridized carbons (Fsp3) is 0.538. The molecule has 0 N–H and O–H groups in total. The van der Waals surface area contributed by atoms with Crippen molar-refractivity contribution >= 4 is 33.2 Å². The predicted molar refractivity (Wildman–Crippen MR) is 76.1 cm³/mol. The van der Waals surface area contributed by atoms with E-state index < -0.39 is 10.0 Å². The summed E-state index contributed by atoms with van der Waals surface area (Å²) >= 11 is 11.7. The Morgan fingerprint density at radius 1 is 1.05 bits per heavy atom. The van der Waals surface area contributed by atoms with Gasteiger partial charge in [-0.15, -0.1) is 0 Å². The lowest BCUT2D eigenvalue weighted by Gasteiger charge is -2.17. The maximum atomic E-state index is 12.6. The summed E-state index contributed by atoms with van der Waals surface area (Å²) in [6, 6.07) is 4.50. The molecule has 1 saturated heterocycles. The Bertz CT molecular complexity index is 591. The van der Waals surface area contributed by atoms with Crippen LogP contribution in [-0.2, 0) is 10.0 Å². The molecule has 2 unspecified atom stereocenters. The van der Waals surface area contributed by atoms with Crippen molar-refractivity contribution in [1.29, 1.82) is 0 Å². The molecular formula is C13H15Cl2NO2S. The van der Waals surface area contributed by atoms with Crippen molar-refractivity contribution in [2.45, 2.75) is 24.2 Å². The first-order valence-corrected chi connectivity index (χ1v) is 8.63. The van der Waals surface area contributed by atoms with E-state index in [4.69, 9.17) is 23.2 Å². The van der Waals surface area contributed by atoms with Crippen molar-refractivity contribution in [3.05, 3.63) is 28.2 Å². The second-order valence-corrected chi connectivity index (χ2v) is 8.10. The molecule has 1 aromatic rings. The molecule has 1 aliphatic heterocycles. The molecule has 0 bridgehead atoms. The van der Waals surface area contributed by atoms with Crippen LogP contribution in [0.3, 0.4) is 0 Å². The fourth-order valence-electron chi connectivity index (χ4n) is 3.17. The molecule has 1 saturated carbocycles. The zero-order valence-electron chi connectivity index (χ0n) is 10.4. The molecular weight excluding hydrogens is 305 g/mol. The van der Waals surface area contributed by atoms with Gasteiger partial charge in [0.25, 0.3) is 0 Å². The van der Waals surface area contributed by atoms with Gasteiger partial charge in [0, 0.05) is 13.1 Å². The zero-order valence-corrected chi connectivity index (χ0v) is 12.7. The summed E-state index contributed by atoms with van der Waals surface area (Å²) in [7, 11) is -3.43. The van der Waals surface area contributed by atoms with Crippen molar-refractivity contribution in [3.8, 4) is 0 Å². The van der Waals surface area contributed by atoms with Crippen LogP contribution < -0.4 is 0 Å². The van der Waals surface area contributed by atoms with Crippen molar-refractivity contribution in [3.63, 3.8) is 0 Å². The number of hydrogen-bond donors (Lipinski definition) is 0. The van der Waals surface area contributed by atoms with E-state index in [1.807, 2.05) is 0 Å². The molecule has 6 heteroatoms. The lowest BCUT2D eigenvalue weighted by molar-refractivity contribution is 0.445. The molecule has 0 aromatic heterocycles. The van der Waals surface area contributed by atoms with Crippen LogP contribution in [0.5, 0.6) is 0 Å². The maximum absolute atomic E-state index is 12.6. The Hall–Kier alpha value is -0.290. The lowest BCUT2D eigenvalue weighted by atomic mass is 10.0. The van der Waals surface area contributed by atoms with Crippen molar-refractivity contribution in [2.24, 2.45) is 11.8 Å². The van der Waals surface area contributed by atoms with Crippen LogP contribution >= 0.6 is 23.2 Å². The van der Waals surface area contributed by atoms with Crippen LogP contribution in [0.4, 0.5) is 0 Å². The van der Waals surface area contributed by atoms with E-state index in [0.717, 1.165) is 12.8 Å². The van der Waals surface area contributed by atoms with Crippen LogP contribution in [0.2, 0.25) is 10.0 Å². The number of benzene rings is 1. The maximum Gasteiger partial charge on any atom is 0.243 e. The molecule has 3 rings (SSSR count). The van der Waals surface area contributed by atoms with E-state index in [-0.39, 0.29) is 9.92 Å². The van der Waals surface area contributed by atoms with Gasteiger partial charge in [-0.3, -0.25) is 0 Å². The summed E-state index contributed by atoms with van der Waals surface area (Å²) < 4.78 is 26.7. The van der Waals surface area contributed by atoms with Gasteiger partial charge in [0.2, 0.25) is 10.0 Å². The van der Waals surface area contributed by atoms with Gasteiger partial charge < -0.3 is 0 Å². The number of sulfonamides is 1. The topological polar surface area (TPSA) is 37.4 Å². The number of fused-ring (bicyclic) bond motifs is 1. The molecule has 19 heavy (non-hydrogen) atoms. The number of hydrogen-bond acceptors (Lipinski definition) is 2. The van der Waals surface area contributed by atoms with E-state index in [1.54, 1.807) is 4.31 Å². The van der Waals surface area contributed by atoms with Crippen molar-refractivity contribution < 1.29 is 8.42 Å². The Morgan fingerprint density at radius 3 is 2.26 bits per heavy atom. The third-order valence-electron chi connectivity index (χ3n) is 4.22. The lowest BCUT2D eigenvalue weighted by Crippen LogP contribution is -2.29. The summed E-state index contributed by atoms with van der Waals surface area (Å²) in [5.41, 5.74) is 0. The molecule has 1 aliphatic carbocycles. The molecule has 2 fully saturated rings. The van der Waals surface area contributed by atoms with Gasteiger partial charge in [-0.25, -0.2) is 8.42 Å². The first-order valence-electron chi connectivity index (χ1n) is 6.43. The van der Waals surface area contributed by atoms with Crippen LogP contribution in [0.15, 0.2) is 23.1 Å². The highest BCUT2D eigenvalue weighted by molar-refractivity contribution is 7.89. The van der Waals surface area contributed by atoms with Gasteiger partial charge in [-0.05, 0) is 42.9 Å². The second kappa shape index (κ2) is 4.92. The second-order valence-electron chi connectivity index (χ2n) is 5.35. The predicted octanol–water partition coefficient (Wildman–Crippen LogP) is 3.41. The zero-order chi connectivity index (χ0) is 13.6. The van der Waals surface area contributed by atoms with Crippen LogP contribution in [0.1, 0.15) is 19.3 Å². The minimum absolute atomic E-state index is 0.238. The Morgan fingerprint density at radius 2 is 1.68 bits per heavy atom. The number of rotatable bonds is 2. The van der Waals surface area contributed by atoms with E-state index >= 15 is 0 Å².